The molecule has 0 radical (unpaired) electrons. The topological polar surface area (TPSA) is 80.5 Å². The summed E-state index contributed by atoms with van der Waals surface area (Å²) >= 11 is 6.00. The van der Waals surface area contributed by atoms with Crippen LogP contribution < -0.4 is 4.90 Å². The second-order valence-corrected chi connectivity index (χ2v) is 8.42. The fourth-order valence-electron chi connectivity index (χ4n) is 5.54. The highest BCUT2D eigenvalue weighted by molar-refractivity contribution is 6.33. The number of amides is 2. The smallest absolute Gasteiger partial charge is 0.274 e. The van der Waals surface area contributed by atoms with E-state index in [9.17, 15) is 19.7 Å². The van der Waals surface area contributed by atoms with E-state index >= 15 is 0 Å². The average Bonchev–Trinajstić information content (AvgIpc) is 3.32. The van der Waals surface area contributed by atoms with Crippen molar-refractivity contribution in [2.24, 2.45) is 23.7 Å². The van der Waals surface area contributed by atoms with Gasteiger partial charge in [0.2, 0.25) is 11.8 Å². The number of hydrogen-bond acceptors (Lipinski definition) is 4. The lowest BCUT2D eigenvalue weighted by Crippen LogP contribution is -2.33. The Balaban J connectivity index is 1.50. The highest BCUT2D eigenvalue weighted by Crippen LogP contribution is 2.58. The Hall–Kier alpha value is -2.47. The summed E-state index contributed by atoms with van der Waals surface area (Å²) in [5.74, 6) is -1.13. The van der Waals surface area contributed by atoms with Gasteiger partial charge in [-0.25, -0.2) is 4.90 Å². The number of nitrogens with zero attached hydrogens (tertiary/aromatic N) is 2. The predicted molar refractivity (Wildman–Crippen MR) is 104 cm³/mol. The molecule has 2 bridgehead atoms. The van der Waals surface area contributed by atoms with E-state index in [0.717, 1.165) is 12.8 Å². The van der Waals surface area contributed by atoms with Crippen molar-refractivity contribution in [3.63, 3.8) is 0 Å². The highest BCUT2D eigenvalue weighted by atomic mass is 35.5. The van der Waals surface area contributed by atoms with Crippen LogP contribution in [0, 0.1) is 33.8 Å². The molecule has 0 spiro atoms. The molecule has 5 rings (SSSR count). The summed E-state index contributed by atoms with van der Waals surface area (Å²) in [6.07, 6.45) is 9.96. The zero-order chi connectivity index (χ0) is 19.6. The van der Waals surface area contributed by atoms with Gasteiger partial charge in [-0.05, 0) is 37.8 Å². The van der Waals surface area contributed by atoms with E-state index < -0.39 is 4.92 Å². The van der Waals surface area contributed by atoms with Gasteiger partial charge in [0.1, 0.15) is 5.02 Å². The van der Waals surface area contributed by atoms with E-state index in [1.165, 1.54) is 53.5 Å². The number of nitro benzene ring substituents is 1. The maximum atomic E-state index is 13.2. The molecule has 4 aliphatic rings. The first-order valence-corrected chi connectivity index (χ1v) is 10.1. The molecule has 1 aliphatic heterocycles. The molecule has 0 unspecified atom stereocenters. The van der Waals surface area contributed by atoms with Crippen LogP contribution in [-0.2, 0) is 9.59 Å². The Morgan fingerprint density at radius 3 is 2.14 bits per heavy atom. The van der Waals surface area contributed by atoms with Crippen molar-refractivity contribution in [1.82, 2.24) is 0 Å². The van der Waals surface area contributed by atoms with Crippen LogP contribution in [0.4, 0.5) is 11.4 Å². The number of fused-ring (bicyclic) bond motifs is 5. The number of anilines is 1. The van der Waals surface area contributed by atoms with Gasteiger partial charge in [0, 0.05) is 17.9 Å². The lowest BCUT2D eigenvalue weighted by molar-refractivity contribution is -0.384. The fourth-order valence-corrected chi connectivity index (χ4v) is 5.78. The first kappa shape index (κ1) is 17.6. The lowest BCUT2D eigenvalue weighted by Gasteiger charge is -2.23. The van der Waals surface area contributed by atoms with Gasteiger partial charge in [-0.1, -0.05) is 41.3 Å². The first-order valence-electron chi connectivity index (χ1n) is 9.71. The number of halogens is 1. The summed E-state index contributed by atoms with van der Waals surface area (Å²) in [7, 11) is 0. The van der Waals surface area contributed by atoms with Crippen molar-refractivity contribution in [2.75, 3.05) is 4.90 Å². The number of benzene rings is 1. The van der Waals surface area contributed by atoms with E-state index in [1.807, 2.05) is 0 Å². The van der Waals surface area contributed by atoms with Gasteiger partial charge in [0.05, 0.1) is 22.4 Å². The molecule has 2 amide bonds. The minimum absolute atomic E-state index is 0.0121. The summed E-state index contributed by atoms with van der Waals surface area (Å²) in [4.78, 5) is 38.0. The molecule has 0 aromatic heterocycles. The minimum atomic E-state index is -0.582. The molecule has 6 nitrogen and oxygen atoms in total. The molecule has 1 aromatic rings. The quantitative estimate of drug-likeness (QED) is 0.319. The van der Waals surface area contributed by atoms with E-state index in [4.69, 9.17) is 11.6 Å². The van der Waals surface area contributed by atoms with Gasteiger partial charge in [0.15, 0.2) is 0 Å². The van der Waals surface area contributed by atoms with Crippen LogP contribution in [0.25, 0.3) is 0 Å². The highest BCUT2D eigenvalue weighted by Gasteiger charge is 2.62. The molecule has 1 heterocycles. The van der Waals surface area contributed by atoms with Crippen molar-refractivity contribution < 1.29 is 14.5 Å². The largest absolute Gasteiger partial charge is 0.288 e. The normalized spacial score (nSPS) is 31.1. The molecule has 1 saturated heterocycles. The van der Waals surface area contributed by atoms with Crippen LogP contribution in [0.5, 0.6) is 0 Å². The number of carbonyl (C=O) groups is 2. The number of carbonyl (C=O) groups excluding carboxylic acids is 2. The summed E-state index contributed by atoms with van der Waals surface area (Å²) in [5, 5.41) is 10.9. The van der Waals surface area contributed by atoms with Crippen LogP contribution in [0.15, 0.2) is 41.5 Å². The van der Waals surface area contributed by atoms with Crippen molar-refractivity contribution in [2.45, 2.75) is 32.1 Å². The van der Waals surface area contributed by atoms with Gasteiger partial charge < -0.3 is 0 Å². The molecule has 144 valence electrons. The molecule has 2 saturated carbocycles. The van der Waals surface area contributed by atoms with Crippen LogP contribution in [0.3, 0.4) is 0 Å². The zero-order valence-corrected chi connectivity index (χ0v) is 15.9. The average molecular weight is 399 g/mol. The standard InChI is InChI=1S/C21H19ClN2O4/c22-15-10-12(6-9-16(15)24(27)28)23-20(25)18-13-7-8-14(19(18)21(23)26)17(13)11-4-2-1-3-5-11/h6-10,13-14,18-19H,1-5H2/t13-,14-,18-,19+/m0/s1. The van der Waals surface area contributed by atoms with Gasteiger partial charge in [0.25, 0.3) is 5.69 Å². The van der Waals surface area contributed by atoms with Crippen molar-refractivity contribution in [1.29, 1.82) is 0 Å². The SMILES string of the molecule is O=C1[C@@H]2[C@H](C(=O)N1c1ccc([N+](=O)[O-])c(Cl)c1)[C@H]1C=C[C@H]2C1=C1CCCCC1. The van der Waals surface area contributed by atoms with E-state index in [2.05, 4.69) is 12.2 Å². The second kappa shape index (κ2) is 6.27. The van der Waals surface area contributed by atoms with Crippen LogP contribution >= 0.6 is 11.6 Å². The first-order chi connectivity index (χ1) is 13.5. The van der Waals surface area contributed by atoms with E-state index in [1.54, 1.807) is 0 Å². The third-order valence-corrected chi connectivity index (χ3v) is 6.97. The summed E-state index contributed by atoms with van der Waals surface area (Å²) in [6.45, 7) is 0. The zero-order valence-electron chi connectivity index (χ0n) is 15.1. The Morgan fingerprint density at radius 1 is 1.00 bits per heavy atom. The fraction of sp³-hybridized carbons (Fsp3) is 0.429. The molecule has 3 aliphatic carbocycles. The maximum absolute atomic E-state index is 13.2. The molecule has 28 heavy (non-hydrogen) atoms. The third kappa shape index (κ3) is 2.33. The second-order valence-electron chi connectivity index (χ2n) is 8.01. The summed E-state index contributed by atoms with van der Waals surface area (Å²) in [6, 6.07) is 4.01. The van der Waals surface area contributed by atoms with Crippen LogP contribution in [0.1, 0.15) is 32.1 Å². The monoisotopic (exact) mass is 398 g/mol. The Labute approximate surface area is 167 Å². The van der Waals surface area contributed by atoms with Crippen molar-refractivity contribution in [3.05, 3.63) is 56.6 Å². The molecular weight excluding hydrogens is 380 g/mol. The minimum Gasteiger partial charge on any atom is -0.274 e. The summed E-state index contributed by atoms with van der Waals surface area (Å²) < 4.78 is 0. The third-order valence-electron chi connectivity index (χ3n) is 6.67. The molecule has 1 aromatic carbocycles. The van der Waals surface area contributed by atoms with Gasteiger partial charge in [-0.3, -0.25) is 19.7 Å². The number of nitro groups is 1. The van der Waals surface area contributed by atoms with Crippen molar-refractivity contribution >= 4 is 34.8 Å². The van der Waals surface area contributed by atoms with Crippen LogP contribution in [-0.4, -0.2) is 16.7 Å². The van der Waals surface area contributed by atoms with Gasteiger partial charge in [-0.15, -0.1) is 0 Å². The molecule has 3 fully saturated rings. The maximum Gasteiger partial charge on any atom is 0.288 e. The Morgan fingerprint density at radius 2 is 1.61 bits per heavy atom. The van der Waals surface area contributed by atoms with Gasteiger partial charge in [-0.2, -0.15) is 0 Å². The van der Waals surface area contributed by atoms with Crippen LogP contribution in [0.2, 0.25) is 5.02 Å². The van der Waals surface area contributed by atoms with E-state index in [-0.39, 0.29) is 46.2 Å². The predicted octanol–water partition coefficient (Wildman–Crippen LogP) is 4.43. The number of imide groups is 1. The number of allylic oxidation sites excluding steroid dienone is 4. The van der Waals surface area contributed by atoms with E-state index in [0.29, 0.717) is 5.69 Å². The summed E-state index contributed by atoms with van der Waals surface area (Å²) in [5.41, 5.74) is 2.84. The Kier molecular flexibility index (Phi) is 3.95. The Bertz CT molecular complexity index is 941. The molecule has 7 heteroatoms. The molecule has 4 atom stereocenters. The lowest BCUT2D eigenvalue weighted by atomic mass is 9.85. The number of rotatable bonds is 2. The van der Waals surface area contributed by atoms with Crippen molar-refractivity contribution in [3.8, 4) is 0 Å². The molecule has 0 N–H and O–H groups in total. The number of hydrogen-bond donors (Lipinski definition) is 0. The molecular formula is C21H19ClN2O4. The van der Waals surface area contributed by atoms with Gasteiger partial charge >= 0.3 is 0 Å².